The molecule has 2 N–H and O–H groups in total. The lowest BCUT2D eigenvalue weighted by molar-refractivity contribution is -0.130. The molecule has 0 spiro atoms. The van der Waals surface area contributed by atoms with Crippen LogP contribution in [0.25, 0.3) is 0 Å². The van der Waals surface area contributed by atoms with Crippen LogP contribution >= 0.6 is 0 Å². The van der Waals surface area contributed by atoms with Crippen LogP contribution in [0.1, 0.15) is 25.7 Å². The third-order valence-corrected chi connectivity index (χ3v) is 3.15. The van der Waals surface area contributed by atoms with Gasteiger partial charge >= 0.3 is 0 Å². The summed E-state index contributed by atoms with van der Waals surface area (Å²) in [6, 6.07) is 0.118. The van der Waals surface area contributed by atoms with Gasteiger partial charge in [0, 0.05) is 13.6 Å². The van der Waals surface area contributed by atoms with E-state index < -0.39 is 0 Å². The first-order valence-electron chi connectivity index (χ1n) is 5.82. The van der Waals surface area contributed by atoms with Crippen molar-refractivity contribution in [1.29, 1.82) is 0 Å². The molecule has 0 aromatic heterocycles. The number of rotatable bonds is 6. The number of carbonyl (C=O) groups excluding carboxylic acids is 1. The fraction of sp³-hybridized carbons (Fsp3) is 0.909. The summed E-state index contributed by atoms with van der Waals surface area (Å²) in [5, 5.41) is 0. The zero-order chi connectivity index (χ0) is 11.3. The number of nitrogens with zero attached hydrogens (tertiary/aromatic N) is 2. The maximum Gasteiger partial charge on any atom is 0.239 e. The Kier molecular flexibility index (Phi) is 5.05. The van der Waals surface area contributed by atoms with Gasteiger partial charge in [-0.1, -0.05) is 6.42 Å². The second-order valence-electron chi connectivity index (χ2n) is 4.39. The van der Waals surface area contributed by atoms with Crippen molar-refractivity contribution in [2.45, 2.75) is 31.7 Å². The highest BCUT2D eigenvalue weighted by Crippen LogP contribution is 2.14. The van der Waals surface area contributed by atoms with Crippen molar-refractivity contribution in [3.05, 3.63) is 0 Å². The first-order valence-corrected chi connectivity index (χ1v) is 5.82. The molecule has 1 fully saturated rings. The molecule has 1 amide bonds. The topological polar surface area (TPSA) is 49.6 Å². The quantitative estimate of drug-likeness (QED) is 0.645. The summed E-state index contributed by atoms with van der Waals surface area (Å²) in [4.78, 5) is 15.7. The lowest BCUT2D eigenvalue weighted by Crippen LogP contribution is -2.38. The summed E-state index contributed by atoms with van der Waals surface area (Å²) < 4.78 is 0. The average Bonchev–Trinajstić information content (AvgIpc) is 2.55. The minimum Gasteiger partial charge on any atom is -0.344 e. The van der Waals surface area contributed by atoms with E-state index >= 15 is 0 Å². The molecule has 0 aliphatic carbocycles. The van der Waals surface area contributed by atoms with Gasteiger partial charge in [0.2, 0.25) is 5.91 Å². The van der Waals surface area contributed by atoms with Crippen molar-refractivity contribution in [3.63, 3.8) is 0 Å². The normalized spacial score (nSPS) is 21.7. The first kappa shape index (κ1) is 12.5. The van der Waals surface area contributed by atoms with E-state index in [1.165, 1.54) is 0 Å². The number of carbonyl (C=O) groups is 1. The molecule has 0 saturated carbocycles. The fourth-order valence-electron chi connectivity index (χ4n) is 2.05. The lowest BCUT2D eigenvalue weighted by Gasteiger charge is -2.22. The number of likely N-dealkylation sites (N-methyl/N-ethyl adjacent to an activating group) is 2. The van der Waals surface area contributed by atoms with Gasteiger partial charge in [-0.2, -0.15) is 0 Å². The highest BCUT2D eigenvalue weighted by Gasteiger charge is 2.31. The molecule has 0 bridgehead atoms. The third-order valence-electron chi connectivity index (χ3n) is 3.15. The number of unbranched alkanes of at least 4 members (excludes halogenated alkanes) is 2. The van der Waals surface area contributed by atoms with Gasteiger partial charge < -0.3 is 10.6 Å². The summed E-state index contributed by atoms with van der Waals surface area (Å²) in [7, 11) is 3.93. The van der Waals surface area contributed by atoms with E-state index in [0.29, 0.717) is 0 Å². The van der Waals surface area contributed by atoms with E-state index in [-0.39, 0.29) is 11.9 Å². The van der Waals surface area contributed by atoms with Gasteiger partial charge in [-0.05, 0) is 39.4 Å². The molecule has 1 aliphatic rings. The molecule has 1 aliphatic heterocycles. The number of hydrogen-bond donors (Lipinski definition) is 1. The SMILES string of the molecule is CN1CCC(N(C)CCCCCN)C1=O. The summed E-state index contributed by atoms with van der Waals surface area (Å²) in [5.74, 6) is 0.274. The molecule has 0 radical (unpaired) electrons. The molecule has 4 heteroatoms. The van der Waals surface area contributed by atoms with Gasteiger partial charge in [-0.25, -0.2) is 0 Å². The Morgan fingerprint density at radius 2 is 2.20 bits per heavy atom. The molecule has 1 unspecified atom stereocenters. The Hall–Kier alpha value is -0.610. The molecule has 88 valence electrons. The maximum absolute atomic E-state index is 11.7. The zero-order valence-electron chi connectivity index (χ0n) is 9.91. The van der Waals surface area contributed by atoms with Gasteiger partial charge in [0.25, 0.3) is 0 Å². The van der Waals surface area contributed by atoms with Crippen molar-refractivity contribution < 1.29 is 4.79 Å². The number of hydrogen-bond acceptors (Lipinski definition) is 3. The van der Waals surface area contributed by atoms with E-state index in [1.54, 1.807) is 0 Å². The highest BCUT2D eigenvalue weighted by atomic mass is 16.2. The van der Waals surface area contributed by atoms with E-state index in [0.717, 1.165) is 45.3 Å². The van der Waals surface area contributed by atoms with E-state index in [2.05, 4.69) is 4.90 Å². The van der Waals surface area contributed by atoms with Crippen LogP contribution < -0.4 is 5.73 Å². The number of nitrogens with two attached hydrogens (primary N) is 1. The van der Waals surface area contributed by atoms with E-state index in [4.69, 9.17) is 5.73 Å². The van der Waals surface area contributed by atoms with Crippen molar-refractivity contribution in [2.24, 2.45) is 5.73 Å². The molecular formula is C11H23N3O. The summed E-state index contributed by atoms with van der Waals surface area (Å²) in [5.41, 5.74) is 5.43. The smallest absolute Gasteiger partial charge is 0.239 e. The molecule has 0 aromatic rings. The standard InChI is InChI=1S/C11H23N3O/c1-13(8-5-3-4-7-12)10-6-9-14(2)11(10)15/h10H,3-9,12H2,1-2H3. The Morgan fingerprint density at radius 3 is 2.73 bits per heavy atom. The van der Waals surface area contributed by atoms with Crippen LogP contribution in [0.15, 0.2) is 0 Å². The van der Waals surface area contributed by atoms with Crippen LogP contribution in [0.3, 0.4) is 0 Å². The summed E-state index contributed by atoms with van der Waals surface area (Å²) in [6.45, 7) is 2.68. The Labute approximate surface area is 92.4 Å². The average molecular weight is 213 g/mol. The zero-order valence-corrected chi connectivity index (χ0v) is 9.91. The summed E-state index contributed by atoms with van der Waals surface area (Å²) in [6.07, 6.45) is 4.37. The lowest BCUT2D eigenvalue weighted by atomic mass is 10.2. The molecule has 15 heavy (non-hydrogen) atoms. The molecule has 1 rings (SSSR count). The van der Waals surface area contributed by atoms with Crippen molar-refractivity contribution in [1.82, 2.24) is 9.80 Å². The third kappa shape index (κ3) is 3.47. The second-order valence-corrected chi connectivity index (χ2v) is 4.39. The minimum absolute atomic E-state index is 0.118. The van der Waals surface area contributed by atoms with E-state index in [1.807, 2.05) is 19.0 Å². The number of amides is 1. The minimum atomic E-state index is 0.118. The van der Waals surface area contributed by atoms with Crippen LogP contribution in [-0.2, 0) is 4.79 Å². The predicted octanol–water partition coefficient (Wildman–Crippen LogP) is 0.278. The van der Waals surface area contributed by atoms with Crippen LogP contribution in [0, 0.1) is 0 Å². The highest BCUT2D eigenvalue weighted by molar-refractivity contribution is 5.83. The second kappa shape index (κ2) is 6.08. The Morgan fingerprint density at radius 1 is 1.47 bits per heavy atom. The van der Waals surface area contributed by atoms with Crippen molar-refractivity contribution >= 4 is 5.91 Å². The fourth-order valence-corrected chi connectivity index (χ4v) is 2.05. The predicted molar refractivity (Wildman–Crippen MR) is 61.6 cm³/mol. The Bertz CT molecular complexity index is 208. The molecule has 1 atom stereocenters. The van der Waals surface area contributed by atoms with Crippen molar-refractivity contribution in [2.75, 3.05) is 33.7 Å². The maximum atomic E-state index is 11.7. The van der Waals surface area contributed by atoms with E-state index in [9.17, 15) is 4.79 Å². The van der Waals surface area contributed by atoms with Gasteiger partial charge in [0.15, 0.2) is 0 Å². The van der Waals surface area contributed by atoms with Gasteiger partial charge in [-0.3, -0.25) is 9.69 Å². The molecule has 1 heterocycles. The van der Waals surface area contributed by atoms with Gasteiger partial charge in [0.05, 0.1) is 6.04 Å². The molecule has 0 aromatic carbocycles. The van der Waals surface area contributed by atoms with Crippen molar-refractivity contribution in [3.8, 4) is 0 Å². The summed E-state index contributed by atoms with van der Waals surface area (Å²) >= 11 is 0. The van der Waals surface area contributed by atoms with Gasteiger partial charge in [0.1, 0.15) is 0 Å². The van der Waals surface area contributed by atoms with Gasteiger partial charge in [-0.15, -0.1) is 0 Å². The van der Waals surface area contributed by atoms with Crippen LogP contribution in [0.2, 0.25) is 0 Å². The van der Waals surface area contributed by atoms with Crippen LogP contribution in [-0.4, -0.2) is 55.5 Å². The Balaban J connectivity index is 2.22. The van der Waals surface area contributed by atoms with Crippen LogP contribution in [0.4, 0.5) is 0 Å². The molecular weight excluding hydrogens is 190 g/mol. The first-order chi connectivity index (χ1) is 7.16. The molecule has 4 nitrogen and oxygen atoms in total. The largest absolute Gasteiger partial charge is 0.344 e. The molecule has 1 saturated heterocycles. The van der Waals surface area contributed by atoms with Crippen LogP contribution in [0.5, 0.6) is 0 Å². The monoisotopic (exact) mass is 213 g/mol. The number of likely N-dealkylation sites (tertiary alicyclic amines) is 1.